The zero-order valence-corrected chi connectivity index (χ0v) is 39.4. The van der Waals surface area contributed by atoms with Gasteiger partial charge in [-0.05, 0) is 98.5 Å². The molecule has 65 heavy (non-hydrogen) atoms. The molecule has 10 rings (SSSR count). The number of nitrogens with one attached hydrogen (secondary N) is 1. The van der Waals surface area contributed by atoms with Crippen molar-refractivity contribution in [2.75, 3.05) is 63.7 Å². The number of hydrogen-bond acceptors (Lipinski definition) is 14. The van der Waals surface area contributed by atoms with Gasteiger partial charge in [-0.1, -0.05) is 23.7 Å². The number of anilines is 3. The number of morpholine rings is 2. The number of fused-ring (bicyclic) bond motifs is 2. The van der Waals surface area contributed by atoms with Crippen LogP contribution in [0.5, 0.6) is 11.5 Å². The van der Waals surface area contributed by atoms with Crippen LogP contribution >= 0.6 is 34.3 Å². The lowest BCUT2D eigenvalue weighted by Gasteiger charge is -2.25. The summed E-state index contributed by atoms with van der Waals surface area (Å²) in [6, 6.07) is 22.5. The number of aromatic nitrogens is 4. The zero-order chi connectivity index (χ0) is 45.5. The van der Waals surface area contributed by atoms with Gasteiger partial charge in [0, 0.05) is 100 Å². The number of nitrogen functional groups attached to an aromatic ring is 1. The lowest BCUT2D eigenvalue weighted by atomic mass is 10.0. The smallest absolute Gasteiger partial charge is 0.117 e. The number of phenolic OH excluding ortho intramolecular Hbond substituents is 2. The SMILES string of the molecule is Cc1cc2c(Cl)ccnc2cc1-c1csc(CN2CCOCC2)n1.Cc1ccc(O)cc1N.Cc1ccc(O)cc1Nc1ccnc2cc(-c3csc(CN4CCOCC4)n3)c(C)cc12. The van der Waals surface area contributed by atoms with Gasteiger partial charge in [0.2, 0.25) is 0 Å². The summed E-state index contributed by atoms with van der Waals surface area (Å²) in [7, 11) is 0. The number of benzene rings is 4. The Morgan fingerprint density at radius 3 is 1.68 bits per heavy atom. The molecule has 0 unspecified atom stereocenters. The molecule has 2 aliphatic rings. The molecule has 6 heterocycles. The summed E-state index contributed by atoms with van der Waals surface area (Å²) in [5.41, 5.74) is 18.4. The molecule has 0 radical (unpaired) electrons. The number of aromatic hydroxyl groups is 2. The van der Waals surface area contributed by atoms with Crippen molar-refractivity contribution in [2.45, 2.75) is 40.8 Å². The Bertz CT molecular complexity index is 2910. The quantitative estimate of drug-likeness (QED) is 0.107. The molecule has 336 valence electrons. The largest absolute Gasteiger partial charge is 0.508 e. The van der Waals surface area contributed by atoms with Gasteiger partial charge in [0.1, 0.15) is 21.5 Å². The van der Waals surface area contributed by atoms with Crippen LogP contribution < -0.4 is 11.1 Å². The van der Waals surface area contributed by atoms with Crippen LogP contribution in [0.4, 0.5) is 17.1 Å². The van der Waals surface area contributed by atoms with E-state index in [0.29, 0.717) is 5.69 Å². The van der Waals surface area contributed by atoms with Gasteiger partial charge in [0.05, 0.1) is 67.0 Å². The molecule has 4 aromatic carbocycles. The number of hydrogen-bond donors (Lipinski definition) is 4. The Hall–Kier alpha value is -5.71. The number of thiazole rings is 2. The number of ether oxygens (including phenoxy) is 2. The van der Waals surface area contributed by atoms with Crippen molar-refractivity contribution < 1.29 is 19.7 Å². The molecule has 0 amide bonds. The van der Waals surface area contributed by atoms with E-state index in [1.54, 1.807) is 53.1 Å². The van der Waals surface area contributed by atoms with Gasteiger partial charge in [-0.25, -0.2) is 9.97 Å². The van der Waals surface area contributed by atoms with Gasteiger partial charge in [-0.3, -0.25) is 19.8 Å². The Morgan fingerprint density at radius 2 is 1.12 bits per heavy atom. The first kappa shape index (κ1) is 45.8. The van der Waals surface area contributed by atoms with Crippen LogP contribution in [0.3, 0.4) is 0 Å². The molecule has 0 saturated carbocycles. The summed E-state index contributed by atoms with van der Waals surface area (Å²) >= 11 is 9.70. The third kappa shape index (κ3) is 11.6. The van der Waals surface area contributed by atoms with Crippen LogP contribution in [0.1, 0.15) is 32.3 Å². The van der Waals surface area contributed by atoms with Crippen molar-refractivity contribution in [3.05, 3.63) is 133 Å². The number of pyridine rings is 2. The van der Waals surface area contributed by atoms with Crippen molar-refractivity contribution in [3.8, 4) is 34.0 Å². The lowest BCUT2D eigenvalue weighted by Crippen LogP contribution is -2.35. The van der Waals surface area contributed by atoms with Gasteiger partial charge in [0.25, 0.3) is 0 Å². The minimum Gasteiger partial charge on any atom is -0.508 e. The number of nitrogens with two attached hydrogens (primary N) is 1. The van der Waals surface area contributed by atoms with Crippen molar-refractivity contribution >= 4 is 73.1 Å². The Kier molecular flexibility index (Phi) is 14.9. The number of nitrogens with zero attached hydrogens (tertiary/aromatic N) is 6. The molecule has 0 atom stereocenters. The highest BCUT2D eigenvalue weighted by molar-refractivity contribution is 7.10. The molecule has 2 aliphatic heterocycles. The first-order valence-electron chi connectivity index (χ1n) is 21.5. The van der Waals surface area contributed by atoms with E-state index in [2.05, 4.69) is 74.0 Å². The van der Waals surface area contributed by atoms with Crippen molar-refractivity contribution in [3.63, 3.8) is 0 Å². The minimum atomic E-state index is 0.220. The molecule has 0 bridgehead atoms. The van der Waals surface area contributed by atoms with Crippen molar-refractivity contribution in [1.82, 2.24) is 29.7 Å². The summed E-state index contributed by atoms with van der Waals surface area (Å²) in [6.45, 7) is 17.0. The van der Waals surface area contributed by atoms with Crippen LogP contribution in [-0.4, -0.2) is 92.6 Å². The van der Waals surface area contributed by atoms with E-state index in [0.717, 1.165) is 153 Å². The predicted molar refractivity (Wildman–Crippen MR) is 266 cm³/mol. The summed E-state index contributed by atoms with van der Waals surface area (Å²) in [5, 5.41) is 31.5. The molecule has 0 aliphatic carbocycles. The molecule has 15 heteroatoms. The van der Waals surface area contributed by atoms with E-state index in [4.69, 9.17) is 41.9 Å². The number of halogens is 1. The fourth-order valence-electron chi connectivity index (χ4n) is 7.66. The number of phenols is 2. The average molecular weight is 930 g/mol. The molecule has 0 spiro atoms. The standard InChI is InChI=1S/C25H26N4O2S.C18H18ClN3OS.C7H9NO/c1-16-3-4-18(30)12-22(16)27-21-5-6-26-23-13-19(17(2)11-20(21)23)24-15-32-25(28-24)14-29-7-9-31-10-8-29;1-12-8-14-15(19)2-3-20-16(14)9-13(12)17-11-24-18(21-17)10-22-4-6-23-7-5-22;1-5-2-3-6(9)4-7(5)8/h3-6,11-13,15,30H,7-10,14H2,1-2H3,(H,26,27);2-3,8-9,11H,4-7,10H2,1H3;2-4,9H,8H2,1H3. The van der Waals surface area contributed by atoms with Gasteiger partial charge >= 0.3 is 0 Å². The lowest BCUT2D eigenvalue weighted by molar-refractivity contribution is 0.0341. The normalized spacial score (nSPS) is 14.4. The second kappa shape index (κ2) is 21.1. The van der Waals surface area contributed by atoms with Gasteiger partial charge in [0.15, 0.2) is 0 Å². The average Bonchev–Trinajstić information content (AvgIpc) is 3.97. The second-order valence-corrected chi connectivity index (χ2v) is 18.5. The highest BCUT2D eigenvalue weighted by Gasteiger charge is 2.17. The second-order valence-electron chi connectivity index (χ2n) is 16.2. The van der Waals surface area contributed by atoms with E-state index in [1.807, 2.05) is 38.2 Å². The predicted octanol–water partition coefficient (Wildman–Crippen LogP) is 10.7. The summed E-state index contributed by atoms with van der Waals surface area (Å²) < 4.78 is 10.8. The maximum Gasteiger partial charge on any atom is 0.117 e. The van der Waals surface area contributed by atoms with Gasteiger partial charge < -0.3 is 30.7 Å². The Balaban J connectivity index is 0.000000153. The summed E-state index contributed by atoms with van der Waals surface area (Å²) in [5.74, 6) is 0.462. The number of aryl methyl sites for hydroxylation is 4. The molecule has 2 saturated heterocycles. The zero-order valence-electron chi connectivity index (χ0n) is 37.0. The summed E-state index contributed by atoms with van der Waals surface area (Å²) in [4.78, 5) is 23.6. The van der Waals surface area contributed by atoms with Crippen LogP contribution in [0.15, 0.2) is 96.0 Å². The van der Waals surface area contributed by atoms with E-state index >= 15 is 0 Å². The molecule has 12 nitrogen and oxygen atoms in total. The fourth-order valence-corrected chi connectivity index (χ4v) is 9.54. The minimum absolute atomic E-state index is 0.220. The van der Waals surface area contributed by atoms with E-state index < -0.39 is 0 Å². The molecule has 2 fully saturated rings. The van der Waals surface area contributed by atoms with Gasteiger partial charge in [-0.15, -0.1) is 22.7 Å². The molecular formula is C50H53ClN8O4S2. The highest BCUT2D eigenvalue weighted by Crippen LogP contribution is 2.35. The van der Waals surface area contributed by atoms with E-state index in [9.17, 15) is 5.11 Å². The van der Waals surface area contributed by atoms with Crippen LogP contribution in [0.2, 0.25) is 5.02 Å². The maximum atomic E-state index is 9.87. The Labute approximate surface area is 392 Å². The van der Waals surface area contributed by atoms with E-state index in [1.165, 1.54) is 11.6 Å². The van der Waals surface area contributed by atoms with Crippen molar-refractivity contribution in [2.24, 2.45) is 0 Å². The summed E-state index contributed by atoms with van der Waals surface area (Å²) in [6.07, 6.45) is 3.56. The number of rotatable bonds is 8. The van der Waals surface area contributed by atoms with Crippen LogP contribution in [0.25, 0.3) is 44.3 Å². The first-order valence-corrected chi connectivity index (χ1v) is 23.7. The maximum absolute atomic E-state index is 9.87. The monoisotopic (exact) mass is 928 g/mol. The molecular weight excluding hydrogens is 876 g/mol. The first-order chi connectivity index (χ1) is 31.5. The van der Waals surface area contributed by atoms with Crippen LogP contribution in [-0.2, 0) is 22.6 Å². The fraction of sp³-hybridized carbons (Fsp3) is 0.280. The highest BCUT2D eigenvalue weighted by atomic mass is 35.5. The van der Waals surface area contributed by atoms with Crippen LogP contribution in [0, 0.1) is 27.7 Å². The third-order valence-corrected chi connectivity index (χ3v) is 13.5. The van der Waals surface area contributed by atoms with E-state index in [-0.39, 0.29) is 11.5 Å². The topological polar surface area (TPSA) is 155 Å². The molecule has 5 N–H and O–H groups in total. The third-order valence-electron chi connectivity index (χ3n) is 11.5. The van der Waals surface area contributed by atoms with Gasteiger partial charge in [-0.2, -0.15) is 0 Å². The Morgan fingerprint density at radius 1 is 0.615 bits per heavy atom. The van der Waals surface area contributed by atoms with Crippen molar-refractivity contribution in [1.29, 1.82) is 0 Å². The molecule has 4 aromatic heterocycles. The molecule has 8 aromatic rings.